The van der Waals surface area contributed by atoms with Crippen LogP contribution in [0, 0.1) is 6.92 Å². The fourth-order valence-electron chi connectivity index (χ4n) is 1.98. The molecular formula is C14H18N2O2. The smallest absolute Gasteiger partial charge is 0.142 e. The molecule has 0 saturated heterocycles. The van der Waals surface area contributed by atoms with Crippen molar-refractivity contribution in [2.75, 3.05) is 13.7 Å². The van der Waals surface area contributed by atoms with Crippen LogP contribution in [0.2, 0.25) is 0 Å². The molecule has 1 N–H and O–H groups in total. The maximum atomic E-state index is 5.38. The van der Waals surface area contributed by atoms with Crippen LogP contribution in [-0.4, -0.2) is 18.6 Å². The molecule has 1 unspecified atom stereocenters. The number of furan rings is 1. The van der Waals surface area contributed by atoms with Crippen LogP contribution in [-0.2, 0) is 0 Å². The maximum Gasteiger partial charge on any atom is 0.142 e. The van der Waals surface area contributed by atoms with Crippen LogP contribution in [0.3, 0.4) is 0 Å². The first-order valence-corrected chi connectivity index (χ1v) is 6.03. The minimum atomic E-state index is -0.0106. The van der Waals surface area contributed by atoms with Crippen molar-refractivity contribution in [3.05, 3.63) is 47.7 Å². The SMILES string of the molecule is CCNC(c1coc(C)c1)c1ncccc1OC. The maximum absolute atomic E-state index is 5.38. The van der Waals surface area contributed by atoms with Crippen molar-refractivity contribution >= 4 is 0 Å². The van der Waals surface area contributed by atoms with Crippen LogP contribution in [0.15, 0.2) is 35.1 Å². The average Bonchev–Trinajstić information content (AvgIpc) is 2.82. The molecule has 2 rings (SSSR count). The molecule has 0 amide bonds. The van der Waals surface area contributed by atoms with Crippen molar-refractivity contribution in [2.24, 2.45) is 0 Å². The number of methoxy groups -OCH3 is 1. The van der Waals surface area contributed by atoms with E-state index in [2.05, 4.69) is 17.2 Å². The minimum Gasteiger partial charge on any atom is -0.495 e. The van der Waals surface area contributed by atoms with Gasteiger partial charge in [-0.05, 0) is 31.7 Å². The molecule has 0 spiro atoms. The highest BCUT2D eigenvalue weighted by atomic mass is 16.5. The Bertz CT molecular complexity index is 508. The van der Waals surface area contributed by atoms with Crippen LogP contribution >= 0.6 is 0 Å². The van der Waals surface area contributed by atoms with Crippen LogP contribution < -0.4 is 10.1 Å². The summed E-state index contributed by atoms with van der Waals surface area (Å²) in [6.45, 7) is 4.84. The third-order valence-electron chi connectivity index (χ3n) is 2.79. The third-order valence-corrected chi connectivity index (χ3v) is 2.79. The van der Waals surface area contributed by atoms with Crippen LogP contribution in [0.25, 0.3) is 0 Å². The zero-order valence-electron chi connectivity index (χ0n) is 10.9. The molecule has 96 valence electrons. The summed E-state index contributed by atoms with van der Waals surface area (Å²) in [5, 5.41) is 3.40. The highest BCUT2D eigenvalue weighted by Crippen LogP contribution is 2.28. The number of aryl methyl sites for hydroxylation is 1. The average molecular weight is 246 g/mol. The molecule has 0 bridgehead atoms. The molecule has 0 fully saturated rings. The Hall–Kier alpha value is -1.81. The predicted molar refractivity (Wildman–Crippen MR) is 69.8 cm³/mol. The van der Waals surface area contributed by atoms with Gasteiger partial charge in [0.25, 0.3) is 0 Å². The number of aromatic nitrogens is 1. The first kappa shape index (κ1) is 12.6. The van der Waals surface area contributed by atoms with Gasteiger partial charge in [0.2, 0.25) is 0 Å². The highest BCUT2D eigenvalue weighted by Gasteiger charge is 2.20. The predicted octanol–water partition coefficient (Wildman–Crippen LogP) is 2.69. The summed E-state index contributed by atoms with van der Waals surface area (Å²) in [6.07, 6.45) is 3.53. The van der Waals surface area contributed by atoms with E-state index in [-0.39, 0.29) is 6.04 Å². The summed E-state index contributed by atoms with van der Waals surface area (Å²) in [4.78, 5) is 4.42. The lowest BCUT2D eigenvalue weighted by atomic mass is 10.1. The third kappa shape index (κ3) is 2.54. The number of ether oxygens (including phenoxy) is 1. The van der Waals surface area contributed by atoms with Crippen LogP contribution in [0.5, 0.6) is 5.75 Å². The second-order valence-corrected chi connectivity index (χ2v) is 4.07. The van der Waals surface area contributed by atoms with E-state index in [9.17, 15) is 0 Å². The van der Waals surface area contributed by atoms with Gasteiger partial charge >= 0.3 is 0 Å². The number of nitrogens with one attached hydrogen (secondary N) is 1. The van der Waals surface area contributed by atoms with E-state index < -0.39 is 0 Å². The van der Waals surface area contributed by atoms with Crippen molar-refractivity contribution in [3.63, 3.8) is 0 Å². The van der Waals surface area contributed by atoms with Gasteiger partial charge in [-0.25, -0.2) is 0 Å². The van der Waals surface area contributed by atoms with Gasteiger partial charge in [0.15, 0.2) is 0 Å². The normalized spacial score (nSPS) is 12.4. The Morgan fingerprint density at radius 2 is 2.33 bits per heavy atom. The molecule has 0 aliphatic heterocycles. The van der Waals surface area contributed by atoms with Crippen molar-refractivity contribution in [2.45, 2.75) is 19.9 Å². The Balaban J connectivity index is 2.41. The van der Waals surface area contributed by atoms with Gasteiger partial charge in [0.1, 0.15) is 17.2 Å². The topological polar surface area (TPSA) is 47.3 Å². The van der Waals surface area contributed by atoms with Crippen LogP contribution in [0.1, 0.15) is 30.0 Å². The Morgan fingerprint density at radius 3 is 2.94 bits per heavy atom. The lowest BCUT2D eigenvalue weighted by Gasteiger charge is -2.18. The van der Waals surface area contributed by atoms with Gasteiger partial charge in [-0.3, -0.25) is 4.98 Å². The fraction of sp³-hybridized carbons (Fsp3) is 0.357. The number of rotatable bonds is 5. The summed E-state index contributed by atoms with van der Waals surface area (Å²) < 4.78 is 10.7. The standard InChI is InChI=1S/C14H18N2O2/c1-4-15-13(11-8-10(2)18-9-11)14-12(17-3)6-5-7-16-14/h5-9,13,15H,4H2,1-3H3. The first-order chi connectivity index (χ1) is 8.76. The van der Waals surface area contributed by atoms with E-state index in [0.717, 1.165) is 29.3 Å². The van der Waals surface area contributed by atoms with E-state index in [4.69, 9.17) is 9.15 Å². The van der Waals surface area contributed by atoms with Crippen molar-refractivity contribution < 1.29 is 9.15 Å². The Kier molecular flexibility index (Phi) is 3.99. The quantitative estimate of drug-likeness (QED) is 0.881. The molecule has 2 aromatic rings. The summed E-state index contributed by atoms with van der Waals surface area (Å²) in [6, 6.07) is 5.79. The molecular weight excluding hydrogens is 228 g/mol. The number of hydrogen-bond acceptors (Lipinski definition) is 4. The molecule has 0 radical (unpaired) electrons. The second kappa shape index (κ2) is 5.69. The van der Waals surface area contributed by atoms with Gasteiger partial charge in [-0.15, -0.1) is 0 Å². The Labute approximate surface area is 107 Å². The van der Waals surface area contributed by atoms with Crippen molar-refractivity contribution in [1.82, 2.24) is 10.3 Å². The molecule has 4 heteroatoms. The van der Waals surface area contributed by atoms with E-state index in [0.29, 0.717) is 0 Å². The van der Waals surface area contributed by atoms with Gasteiger partial charge in [0, 0.05) is 11.8 Å². The molecule has 4 nitrogen and oxygen atoms in total. The highest BCUT2D eigenvalue weighted by molar-refractivity contribution is 5.36. The molecule has 1 atom stereocenters. The zero-order valence-corrected chi connectivity index (χ0v) is 10.9. The Morgan fingerprint density at radius 1 is 1.50 bits per heavy atom. The van der Waals surface area contributed by atoms with Gasteiger partial charge in [-0.2, -0.15) is 0 Å². The second-order valence-electron chi connectivity index (χ2n) is 4.07. The molecule has 18 heavy (non-hydrogen) atoms. The fourth-order valence-corrected chi connectivity index (χ4v) is 1.98. The largest absolute Gasteiger partial charge is 0.495 e. The molecule has 0 saturated carbocycles. The summed E-state index contributed by atoms with van der Waals surface area (Å²) in [5.74, 6) is 1.67. The van der Waals surface area contributed by atoms with E-state index in [1.807, 2.05) is 25.1 Å². The molecule has 0 aliphatic carbocycles. The first-order valence-electron chi connectivity index (χ1n) is 6.03. The van der Waals surface area contributed by atoms with Gasteiger partial charge in [-0.1, -0.05) is 6.92 Å². The molecule has 0 aliphatic rings. The lowest BCUT2D eigenvalue weighted by Crippen LogP contribution is -2.23. The summed E-state index contributed by atoms with van der Waals surface area (Å²) in [5.41, 5.74) is 1.94. The number of nitrogens with zero attached hydrogens (tertiary/aromatic N) is 1. The minimum absolute atomic E-state index is 0.0106. The number of pyridine rings is 1. The van der Waals surface area contributed by atoms with Gasteiger partial charge in [0.05, 0.1) is 19.4 Å². The molecule has 0 aromatic carbocycles. The van der Waals surface area contributed by atoms with Crippen molar-refractivity contribution in [1.29, 1.82) is 0 Å². The molecule has 2 aromatic heterocycles. The van der Waals surface area contributed by atoms with Crippen molar-refractivity contribution in [3.8, 4) is 5.75 Å². The van der Waals surface area contributed by atoms with Gasteiger partial charge < -0.3 is 14.5 Å². The van der Waals surface area contributed by atoms with E-state index in [1.54, 1.807) is 19.6 Å². The molecule has 2 heterocycles. The van der Waals surface area contributed by atoms with Crippen LogP contribution in [0.4, 0.5) is 0 Å². The van der Waals surface area contributed by atoms with E-state index >= 15 is 0 Å². The lowest BCUT2D eigenvalue weighted by molar-refractivity contribution is 0.400. The number of hydrogen-bond donors (Lipinski definition) is 1. The summed E-state index contributed by atoms with van der Waals surface area (Å²) >= 11 is 0. The zero-order chi connectivity index (χ0) is 13.0. The summed E-state index contributed by atoms with van der Waals surface area (Å²) in [7, 11) is 1.66. The monoisotopic (exact) mass is 246 g/mol. The van der Waals surface area contributed by atoms with E-state index in [1.165, 1.54) is 0 Å².